The van der Waals surface area contributed by atoms with E-state index in [-0.39, 0.29) is 23.8 Å². The van der Waals surface area contributed by atoms with Crippen LogP contribution in [0.5, 0.6) is 5.75 Å². The van der Waals surface area contributed by atoms with Crippen molar-refractivity contribution in [1.29, 1.82) is 0 Å². The Morgan fingerprint density at radius 2 is 1.87 bits per heavy atom. The average Bonchev–Trinajstić information content (AvgIpc) is 3.20. The van der Waals surface area contributed by atoms with Gasteiger partial charge < -0.3 is 9.64 Å². The third-order valence-electron chi connectivity index (χ3n) is 4.35. The van der Waals surface area contributed by atoms with Crippen LogP contribution in [0.4, 0.5) is 13.2 Å². The molecule has 0 aliphatic heterocycles. The largest absolute Gasteiger partial charge is 0.497 e. The van der Waals surface area contributed by atoms with Gasteiger partial charge in [-0.15, -0.1) is 10.2 Å². The van der Waals surface area contributed by atoms with Crippen molar-refractivity contribution < 1.29 is 22.7 Å². The minimum atomic E-state index is -4.47. The molecule has 0 aliphatic carbocycles. The van der Waals surface area contributed by atoms with Gasteiger partial charge in [0.25, 0.3) is 0 Å². The summed E-state index contributed by atoms with van der Waals surface area (Å²) in [6.45, 7) is -0.139. The number of carbonyl (C=O) groups is 1. The van der Waals surface area contributed by atoms with E-state index in [1.54, 1.807) is 23.8 Å². The van der Waals surface area contributed by atoms with Crippen molar-refractivity contribution >= 4 is 17.7 Å². The quantitative estimate of drug-likeness (QED) is 0.523. The molecule has 0 fully saturated rings. The number of amides is 1. The van der Waals surface area contributed by atoms with Gasteiger partial charge in [0, 0.05) is 19.3 Å². The predicted molar refractivity (Wildman–Crippen MR) is 107 cm³/mol. The minimum Gasteiger partial charge on any atom is -0.497 e. The molecule has 3 rings (SSSR count). The lowest BCUT2D eigenvalue weighted by molar-refractivity contribution is -0.139. The molecule has 1 heterocycles. The van der Waals surface area contributed by atoms with Crippen LogP contribution in [0.15, 0.2) is 60.0 Å². The van der Waals surface area contributed by atoms with Crippen LogP contribution in [-0.4, -0.2) is 45.5 Å². The maximum atomic E-state index is 13.2. The van der Waals surface area contributed by atoms with E-state index in [0.29, 0.717) is 10.9 Å². The number of rotatable bonds is 7. The Labute approximate surface area is 175 Å². The molecule has 0 atom stereocenters. The molecule has 0 saturated heterocycles. The maximum Gasteiger partial charge on any atom is 0.416 e. The summed E-state index contributed by atoms with van der Waals surface area (Å²) in [7, 11) is 3.05. The number of aromatic nitrogens is 3. The highest BCUT2D eigenvalue weighted by Crippen LogP contribution is 2.32. The zero-order valence-corrected chi connectivity index (χ0v) is 17.1. The zero-order chi connectivity index (χ0) is 21.7. The number of hydrogen-bond acceptors (Lipinski definition) is 5. The lowest BCUT2D eigenvalue weighted by atomic mass is 10.1. The summed E-state index contributed by atoms with van der Waals surface area (Å²) in [5, 5.41) is 8.40. The average molecular weight is 436 g/mol. The summed E-state index contributed by atoms with van der Waals surface area (Å²) in [4.78, 5) is 13.8. The van der Waals surface area contributed by atoms with Crippen LogP contribution >= 0.6 is 11.8 Å². The van der Waals surface area contributed by atoms with Crippen molar-refractivity contribution in [1.82, 2.24) is 19.7 Å². The third kappa shape index (κ3) is 5.12. The summed E-state index contributed by atoms with van der Waals surface area (Å²) >= 11 is 1.16. The van der Waals surface area contributed by atoms with Crippen molar-refractivity contribution in [2.45, 2.75) is 17.9 Å². The van der Waals surface area contributed by atoms with Gasteiger partial charge in [0.2, 0.25) is 5.91 Å². The SMILES string of the molecule is COc1ccc(-n2cnnc2SCC(=O)N(C)Cc2ccccc2C(F)(F)F)cc1. The van der Waals surface area contributed by atoms with Crippen molar-refractivity contribution in [3.05, 3.63) is 66.0 Å². The van der Waals surface area contributed by atoms with Gasteiger partial charge in [0.1, 0.15) is 12.1 Å². The van der Waals surface area contributed by atoms with Gasteiger partial charge in [-0.1, -0.05) is 30.0 Å². The van der Waals surface area contributed by atoms with E-state index in [9.17, 15) is 18.0 Å². The predicted octanol–water partition coefficient (Wildman–Crippen LogP) is 4.05. The molecule has 0 N–H and O–H groups in total. The molecule has 2 aromatic carbocycles. The number of halogens is 3. The number of benzene rings is 2. The van der Waals surface area contributed by atoms with Crippen molar-refractivity contribution in [3.8, 4) is 11.4 Å². The molecule has 3 aromatic rings. The minimum absolute atomic E-state index is 0.0134. The Bertz CT molecular complexity index is 1010. The number of alkyl halides is 3. The van der Waals surface area contributed by atoms with Gasteiger partial charge in [0.05, 0.1) is 18.4 Å². The molecule has 0 unspecified atom stereocenters. The molecule has 0 spiro atoms. The molecule has 0 saturated carbocycles. The van der Waals surface area contributed by atoms with Crippen molar-refractivity contribution in [3.63, 3.8) is 0 Å². The maximum absolute atomic E-state index is 13.2. The molecule has 6 nitrogen and oxygen atoms in total. The van der Waals surface area contributed by atoms with Gasteiger partial charge in [-0.25, -0.2) is 0 Å². The van der Waals surface area contributed by atoms with Gasteiger partial charge >= 0.3 is 6.18 Å². The van der Waals surface area contributed by atoms with Crippen LogP contribution in [0.1, 0.15) is 11.1 Å². The van der Waals surface area contributed by atoms with Crippen LogP contribution in [-0.2, 0) is 17.5 Å². The van der Waals surface area contributed by atoms with Crippen LogP contribution in [0.25, 0.3) is 5.69 Å². The first-order valence-corrected chi connectivity index (χ1v) is 9.84. The zero-order valence-electron chi connectivity index (χ0n) is 16.3. The first kappa shape index (κ1) is 21.7. The summed E-state index contributed by atoms with van der Waals surface area (Å²) in [5.41, 5.74) is 0.104. The highest BCUT2D eigenvalue weighted by atomic mass is 32.2. The summed E-state index contributed by atoms with van der Waals surface area (Å²) in [6, 6.07) is 12.5. The molecule has 1 aromatic heterocycles. The fourth-order valence-corrected chi connectivity index (χ4v) is 3.63. The first-order chi connectivity index (χ1) is 14.3. The first-order valence-electron chi connectivity index (χ1n) is 8.86. The Balaban J connectivity index is 1.65. The molecule has 1 amide bonds. The monoisotopic (exact) mass is 436 g/mol. The highest BCUT2D eigenvalue weighted by Gasteiger charge is 2.33. The topological polar surface area (TPSA) is 60.2 Å². The highest BCUT2D eigenvalue weighted by molar-refractivity contribution is 7.99. The standard InChI is InChI=1S/C20H19F3N4O2S/c1-26(11-14-5-3-4-6-17(14)20(21,22)23)18(28)12-30-19-25-24-13-27(19)15-7-9-16(29-2)10-8-15/h3-10,13H,11-12H2,1-2H3. The van der Waals surface area contributed by atoms with Gasteiger partial charge in [-0.05, 0) is 35.9 Å². The normalized spacial score (nSPS) is 11.4. The number of nitrogens with zero attached hydrogens (tertiary/aromatic N) is 4. The number of methoxy groups -OCH3 is 1. The van der Waals surface area contributed by atoms with Gasteiger partial charge in [0.15, 0.2) is 5.16 Å². The van der Waals surface area contributed by atoms with E-state index in [1.165, 1.54) is 36.5 Å². The molecule has 158 valence electrons. The van der Waals surface area contributed by atoms with Crippen LogP contribution in [0.3, 0.4) is 0 Å². The lowest BCUT2D eigenvalue weighted by Gasteiger charge is -2.20. The molecule has 0 aliphatic rings. The third-order valence-corrected chi connectivity index (χ3v) is 5.28. The lowest BCUT2D eigenvalue weighted by Crippen LogP contribution is -2.29. The van der Waals surface area contributed by atoms with Gasteiger partial charge in [-0.3, -0.25) is 9.36 Å². The van der Waals surface area contributed by atoms with Crippen LogP contribution in [0, 0.1) is 0 Å². The number of ether oxygens (including phenoxy) is 1. The fourth-order valence-electron chi connectivity index (χ4n) is 2.76. The summed E-state index contributed by atoms with van der Waals surface area (Å²) in [6.07, 6.45) is -2.94. The summed E-state index contributed by atoms with van der Waals surface area (Å²) < 4.78 is 46.3. The Hall–Kier alpha value is -3.01. The Kier molecular flexibility index (Phi) is 6.66. The van der Waals surface area contributed by atoms with E-state index >= 15 is 0 Å². The Morgan fingerprint density at radius 3 is 2.53 bits per heavy atom. The second-order valence-electron chi connectivity index (χ2n) is 6.37. The molecular weight excluding hydrogens is 417 g/mol. The van der Waals surface area contributed by atoms with E-state index in [1.807, 2.05) is 12.1 Å². The summed E-state index contributed by atoms with van der Waals surface area (Å²) in [5.74, 6) is 0.401. The van der Waals surface area contributed by atoms with Crippen molar-refractivity contribution in [2.75, 3.05) is 19.9 Å². The van der Waals surface area contributed by atoms with E-state index in [0.717, 1.165) is 23.5 Å². The molecular formula is C20H19F3N4O2S. The van der Waals surface area contributed by atoms with Crippen LogP contribution in [0.2, 0.25) is 0 Å². The molecule has 0 bridgehead atoms. The van der Waals surface area contributed by atoms with Crippen molar-refractivity contribution in [2.24, 2.45) is 0 Å². The molecule has 0 radical (unpaired) electrons. The second-order valence-corrected chi connectivity index (χ2v) is 7.32. The second kappa shape index (κ2) is 9.21. The fraction of sp³-hybridized carbons (Fsp3) is 0.250. The van der Waals surface area contributed by atoms with E-state index < -0.39 is 11.7 Å². The smallest absolute Gasteiger partial charge is 0.416 e. The van der Waals surface area contributed by atoms with Gasteiger partial charge in [-0.2, -0.15) is 13.2 Å². The van der Waals surface area contributed by atoms with E-state index in [4.69, 9.17) is 4.74 Å². The number of hydrogen-bond donors (Lipinski definition) is 0. The molecule has 30 heavy (non-hydrogen) atoms. The van der Waals surface area contributed by atoms with E-state index in [2.05, 4.69) is 10.2 Å². The Morgan fingerprint density at radius 1 is 1.17 bits per heavy atom. The number of carbonyl (C=O) groups excluding carboxylic acids is 1. The van der Waals surface area contributed by atoms with Crippen LogP contribution < -0.4 is 4.74 Å². The number of thioether (sulfide) groups is 1. The molecule has 10 heteroatoms.